The lowest BCUT2D eigenvalue weighted by Crippen LogP contribution is -2.51. The highest BCUT2D eigenvalue weighted by molar-refractivity contribution is 5.79. The van der Waals surface area contributed by atoms with Crippen LogP contribution in [0.4, 0.5) is 11.4 Å². The molecule has 0 aromatic heterocycles. The Morgan fingerprint density at radius 2 is 1.53 bits per heavy atom. The molecule has 12 heteroatoms. The number of nitro benzene ring substituents is 1. The Balaban J connectivity index is 1.27. The number of anilines is 1. The molecule has 2 fully saturated rings. The van der Waals surface area contributed by atoms with Gasteiger partial charge in [0.2, 0.25) is 12.5 Å². The summed E-state index contributed by atoms with van der Waals surface area (Å²) in [5.41, 5.74) is 3.74. The third-order valence-electron chi connectivity index (χ3n) is 9.14. The highest BCUT2D eigenvalue weighted by atomic mass is 16.7. The number of benzene rings is 3. The van der Waals surface area contributed by atoms with Gasteiger partial charge in [-0.05, 0) is 53.1 Å². The van der Waals surface area contributed by atoms with Crippen molar-refractivity contribution in [1.29, 1.82) is 0 Å². The lowest BCUT2D eigenvalue weighted by molar-refractivity contribution is -0.384. The largest absolute Gasteiger partial charge is 0.502 e. The zero-order valence-corrected chi connectivity index (χ0v) is 23.7. The van der Waals surface area contributed by atoms with Crippen LogP contribution in [0.15, 0.2) is 48.5 Å². The molecule has 0 bridgehead atoms. The first-order valence-corrected chi connectivity index (χ1v) is 14.2. The number of rotatable bonds is 6. The lowest BCUT2D eigenvalue weighted by atomic mass is 9.64. The van der Waals surface area contributed by atoms with Gasteiger partial charge in [0, 0.05) is 61.9 Å². The number of esters is 1. The summed E-state index contributed by atoms with van der Waals surface area (Å²) >= 11 is 0. The number of methoxy groups -OCH3 is 2. The molecule has 3 aromatic carbocycles. The number of fused-ring (bicyclic) bond motifs is 3. The number of aromatic hydroxyl groups is 1. The molecule has 4 aliphatic rings. The van der Waals surface area contributed by atoms with E-state index in [-0.39, 0.29) is 54.3 Å². The Morgan fingerprint density at radius 3 is 2.14 bits per heavy atom. The van der Waals surface area contributed by atoms with E-state index in [0.717, 1.165) is 48.6 Å². The fraction of sp³-hybridized carbons (Fsp3) is 0.387. The average molecular weight is 590 g/mol. The molecule has 0 radical (unpaired) electrons. The van der Waals surface area contributed by atoms with Crippen LogP contribution < -0.4 is 23.8 Å². The number of cyclic esters (lactones) is 1. The molecule has 12 nitrogen and oxygen atoms in total. The molecule has 0 spiro atoms. The van der Waals surface area contributed by atoms with Gasteiger partial charge in [-0.2, -0.15) is 0 Å². The molecule has 7 rings (SSSR count). The van der Waals surface area contributed by atoms with Crippen LogP contribution in [0, 0.1) is 22.0 Å². The number of non-ortho nitro benzene ring substituents is 1. The van der Waals surface area contributed by atoms with E-state index in [4.69, 9.17) is 23.7 Å². The first-order valence-electron chi connectivity index (χ1n) is 14.2. The van der Waals surface area contributed by atoms with E-state index in [2.05, 4.69) is 9.80 Å². The molecular weight excluding hydrogens is 558 g/mol. The van der Waals surface area contributed by atoms with Crippen molar-refractivity contribution >= 4 is 17.3 Å². The van der Waals surface area contributed by atoms with E-state index in [1.54, 1.807) is 24.3 Å². The normalized spacial score (nSPS) is 24.2. The Bertz CT molecular complexity index is 1560. The number of piperazine rings is 1. The molecule has 224 valence electrons. The maximum absolute atomic E-state index is 13.5. The van der Waals surface area contributed by atoms with Gasteiger partial charge in [0.1, 0.15) is 0 Å². The minimum absolute atomic E-state index is 0.0651. The number of ether oxygens (including phenoxy) is 5. The Kier molecular flexibility index (Phi) is 6.65. The van der Waals surface area contributed by atoms with Crippen molar-refractivity contribution < 1.29 is 38.5 Å². The molecule has 1 aliphatic carbocycles. The van der Waals surface area contributed by atoms with Gasteiger partial charge in [-0.25, -0.2) is 0 Å². The number of hydrogen-bond acceptors (Lipinski definition) is 11. The third-order valence-corrected chi connectivity index (χ3v) is 9.14. The van der Waals surface area contributed by atoms with Crippen LogP contribution in [0.3, 0.4) is 0 Å². The van der Waals surface area contributed by atoms with Gasteiger partial charge in [0.15, 0.2) is 23.0 Å². The summed E-state index contributed by atoms with van der Waals surface area (Å²) in [5, 5.41) is 21.7. The molecule has 2 saturated heterocycles. The quantitative estimate of drug-likeness (QED) is 0.255. The maximum atomic E-state index is 13.5. The zero-order valence-electron chi connectivity index (χ0n) is 23.7. The first kappa shape index (κ1) is 27.1. The maximum Gasteiger partial charge on any atom is 0.310 e. The first-order chi connectivity index (χ1) is 20.9. The fourth-order valence-corrected chi connectivity index (χ4v) is 7.14. The monoisotopic (exact) mass is 589 g/mol. The number of carbonyl (C=O) groups is 1. The number of phenols is 1. The lowest BCUT2D eigenvalue weighted by Gasteiger charge is -2.47. The number of nitrogens with zero attached hydrogens (tertiary/aromatic N) is 3. The molecule has 3 heterocycles. The van der Waals surface area contributed by atoms with Crippen molar-refractivity contribution in [3.05, 3.63) is 75.3 Å². The van der Waals surface area contributed by atoms with Crippen LogP contribution in [0.25, 0.3) is 0 Å². The van der Waals surface area contributed by atoms with Gasteiger partial charge >= 0.3 is 5.97 Å². The molecule has 0 amide bonds. The number of phenolic OH excluding ortho intramolecular Hbond substituents is 1. The molecule has 0 unspecified atom stereocenters. The summed E-state index contributed by atoms with van der Waals surface area (Å²) < 4.78 is 28.3. The SMILES string of the molecule is COc1cc([C@@H]2c3cc4c(cc3[C@@H](N3CCN(c5ccc([N+](=O)[O-])cc5)CC3)[C@H]3COC(=O)[C@H]23)OCO4)cc(OC)c1O. The minimum Gasteiger partial charge on any atom is -0.502 e. The van der Waals surface area contributed by atoms with Crippen molar-refractivity contribution in [3.8, 4) is 28.7 Å². The average Bonchev–Trinajstić information content (AvgIpc) is 3.65. The van der Waals surface area contributed by atoms with E-state index < -0.39 is 16.8 Å². The molecule has 43 heavy (non-hydrogen) atoms. The Morgan fingerprint density at radius 1 is 0.907 bits per heavy atom. The Labute approximate surface area is 247 Å². The summed E-state index contributed by atoms with van der Waals surface area (Å²) in [6.07, 6.45) is 0. The minimum atomic E-state index is -0.482. The zero-order chi connectivity index (χ0) is 29.8. The summed E-state index contributed by atoms with van der Waals surface area (Å²) in [5.74, 6) is 0.401. The van der Waals surface area contributed by atoms with E-state index >= 15 is 0 Å². The van der Waals surface area contributed by atoms with Gasteiger partial charge in [-0.3, -0.25) is 19.8 Å². The topological polar surface area (TPSA) is 133 Å². The molecular formula is C31H31N3O9. The number of nitro groups is 1. The molecule has 0 saturated carbocycles. The van der Waals surface area contributed by atoms with Crippen molar-refractivity contribution in [2.75, 3.05) is 58.7 Å². The number of hydrogen-bond donors (Lipinski definition) is 1. The summed E-state index contributed by atoms with van der Waals surface area (Å²) in [6, 6.07) is 14.0. The van der Waals surface area contributed by atoms with Crippen molar-refractivity contribution in [3.63, 3.8) is 0 Å². The summed E-state index contributed by atoms with van der Waals surface area (Å²) in [4.78, 5) is 28.8. The predicted octanol–water partition coefficient (Wildman–Crippen LogP) is 3.84. The van der Waals surface area contributed by atoms with Crippen molar-refractivity contribution in [2.24, 2.45) is 11.8 Å². The summed E-state index contributed by atoms with van der Waals surface area (Å²) in [6.45, 7) is 3.29. The molecule has 3 aromatic rings. The van der Waals surface area contributed by atoms with Gasteiger partial charge in [-0.15, -0.1) is 0 Å². The van der Waals surface area contributed by atoms with Crippen LogP contribution in [-0.2, 0) is 9.53 Å². The van der Waals surface area contributed by atoms with Crippen LogP contribution >= 0.6 is 0 Å². The van der Waals surface area contributed by atoms with Gasteiger partial charge < -0.3 is 33.7 Å². The standard InChI is InChI=1S/C31H31N3O9/c1-39-25-11-17(12-26(40-2)30(25)35)27-20-13-23-24(43-16-42-23)14-21(20)29(22-15-41-31(36)28(22)27)33-9-7-32(8-10-33)18-3-5-19(6-4-18)34(37)38/h3-6,11-14,22,27-29,35H,7-10,15-16H2,1-2H3/t22-,27+,28-,29+/m0/s1. The van der Waals surface area contributed by atoms with E-state index in [1.165, 1.54) is 26.4 Å². The summed E-state index contributed by atoms with van der Waals surface area (Å²) in [7, 11) is 2.95. The van der Waals surface area contributed by atoms with Gasteiger partial charge in [-0.1, -0.05) is 0 Å². The van der Waals surface area contributed by atoms with Crippen LogP contribution in [-0.4, -0.2) is 74.7 Å². The molecule has 4 atom stereocenters. The van der Waals surface area contributed by atoms with Crippen LogP contribution in [0.5, 0.6) is 28.7 Å². The second-order valence-electron chi connectivity index (χ2n) is 11.1. The molecule has 3 aliphatic heterocycles. The number of carbonyl (C=O) groups excluding carboxylic acids is 1. The third kappa shape index (κ3) is 4.44. The second kappa shape index (κ2) is 10.5. The van der Waals surface area contributed by atoms with Crippen molar-refractivity contribution in [2.45, 2.75) is 12.0 Å². The van der Waals surface area contributed by atoms with Crippen LogP contribution in [0.2, 0.25) is 0 Å². The van der Waals surface area contributed by atoms with Crippen LogP contribution in [0.1, 0.15) is 28.7 Å². The van der Waals surface area contributed by atoms with Gasteiger partial charge in [0.25, 0.3) is 5.69 Å². The smallest absolute Gasteiger partial charge is 0.310 e. The highest BCUT2D eigenvalue weighted by Crippen LogP contribution is 2.57. The second-order valence-corrected chi connectivity index (χ2v) is 11.1. The predicted molar refractivity (Wildman–Crippen MR) is 153 cm³/mol. The van der Waals surface area contributed by atoms with E-state index in [0.29, 0.717) is 11.5 Å². The fourth-order valence-electron chi connectivity index (χ4n) is 7.14. The highest BCUT2D eigenvalue weighted by Gasteiger charge is 2.54. The van der Waals surface area contributed by atoms with E-state index in [1.807, 2.05) is 12.1 Å². The molecule has 1 N–H and O–H groups in total. The van der Waals surface area contributed by atoms with Gasteiger partial charge in [0.05, 0.1) is 31.7 Å². The van der Waals surface area contributed by atoms with E-state index in [9.17, 15) is 20.0 Å². The Hall–Kier alpha value is -4.71. The van der Waals surface area contributed by atoms with Crippen molar-refractivity contribution in [1.82, 2.24) is 4.90 Å².